The van der Waals surface area contributed by atoms with Crippen LogP contribution in [0, 0.1) is 0 Å². The molecule has 0 aliphatic carbocycles. The lowest BCUT2D eigenvalue weighted by Crippen LogP contribution is -2.47. The van der Waals surface area contributed by atoms with Gasteiger partial charge in [0.05, 0.1) is 12.0 Å². The van der Waals surface area contributed by atoms with E-state index in [0.29, 0.717) is 6.61 Å². The lowest BCUT2D eigenvalue weighted by Gasteiger charge is -2.39. The second kappa shape index (κ2) is 5.98. The third-order valence-corrected chi connectivity index (χ3v) is 10.1. The Labute approximate surface area is 139 Å². The summed E-state index contributed by atoms with van der Waals surface area (Å²) in [6.45, 7) is 15.9. The fourth-order valence-corrected chi connectivity index (χ4v) is 4.54. The number of hydrogen-bond acceptors (Lipinski definition) is 4. The summed E-state index contributed by atoms with van der Waals surface area (Å²) >= 11 is 1.72. The van der Waals surface area contributed by atoms with E-state index >= 15 is 0 Å². The largest absolute Gasteiger partial charge is 0.401 e. The van der Waals surface area contributed by atoms with Crippen LogP contribution in [0.4, 0.5) is 0 Å². The molecular weight excluding hydrogens is 314 g/mol. The van der Waals surface area contributed by atoms with Crippen molar-refractivity contribution in [2.45, 2.75) is 70.7 Å². The number of aryl methyl sites for hydroxylation is 1. The van der Waals surface area contributed by atoms with Gasteiger partial charge in [0.25, 0.3) is 5.01 Å². The van der Waals surface area contributed by atoms with Gasteiger partial charge in [-0.2, -0.15) is 4.57 Å². The molecular formula is C16H30NO3SSi+. The summed E-state index contributed by atoms with van der Waals surface area (Å²) < 4.78 is 20.8. The Balaban J connectivity index is 2.30. The molecule has 126 valence electrons. The van der Waals surface area contributed by atoms with Crippen LogP contribution >= 0.6 is 11.3 Å². The van der Waals surface area contributed by atoms with Gasteiger partial charge in [-0.1, -0.05) is 32.1 Å². The highest BCUT2D eigenvalue weighted by molar-refractivity contribution is 7.09. The van der Waals surface area contributed by atoms with Gasteiger partial charge in [0.2, 0.25) is 0 Å². The summed E-state index contributed by atoms with van der Waals surface area (Å²) in [7, 11) is 0.161. The molecule has 4 nitrogen and oxygen atoms in total. The number of hydrogen-bond donors (Lipinski definition) is 0. The molecule has 0 unspecified atom stereocenters. The Morgan fingerprint density at radius 2 is 2.05 bits per heavy atom. The Morgan fingerprint density at radius 1 is 1.41 bits per heavy atom. The number of aromatic nitrogens is 1. The third kappa shape index (κ3) is 3.79. The van der Waals surface area contributed by atoms with E-state index in [2.05, 4.69) is 57.1 Å². The zero-order valence-electron chi connectivity index (χ0n) is 15.1. The predicted octanol–water partition coefficient (Wildman–Crippen LogP) is 3.79. The van der Waals surface area contributed by atoms with Crippen molar-refractivity contribution in [2.24, 2.45) is 7.05 Å². The van der Waals surface area contributed by atoms with Crippen molar-refractivity contribution < 1.29 is 18.5 Å². The van der Waals surface area contributed by atoms with Gasteiger partial charge in [0.1, 0.15) is 13.2 Å². The van der Waals surface area contributed by atoms with Gasteiger partial charge in [-0.05, 0) is 32.0 Å². The fourth-order valence-electron chi connectivity index (χ4n) is 2.26. The second-order valence-electron chi connectivity index (χ2n) is 8.02. The van der Waals surface area contributed by atoms with Gasteiger partial charge in [-0.3, -0.25) is 0 Å². The summed E-state index contributed by atoms with van der Waals surface area (Å²) in [6.07, 6.45) is 1.94. The van der Waals surface area contributed by atoms with Crippen molar-refractivity contribution >= 4 is 19.7 Å². The summed E-state index contributed by atoms with van der Waals surface area (Å²) in [5.41, 5.74) is 0. The normalized spacial score (nSPS) is 23.7. The van der Waals surface area contributed by atoms with Gasteiger partial charge in [-0.25, -0.2) is 0 Å². The molecule has 6 heteroatoms. The van der Waals surface area contributed by atoms with E-state index in [1.807, 2.05) is 13.8 Å². The number of nitrogens with zero attached hydrogens (tertiary/aromatic N) is 1. The zero-order valence-corrected chi connectivity index (χ0v) is 16.9. The first-order valence-electron chi connectivity index (χ1n) is 7.85. The van der Waals surface area contributed by atoms with Crippen LogP contribution in [0.3, 0.4) is 0 Å². The van der Waals surface area contributed by atoms with Gasteiger partial charge in [-0.15, -0.1) is 0 Å². The van der Waals surface area contributed by atoms with Gasteiger partial charge in [0.15, 0.2) is 26.4 Å². The molecule has 0 N–H and O–H groups in total. The average molecular weight is 345 g/mol. The number of thiazole rings is 1. The molecule has 0 amide bonds. The topological polar surface area (TPSA) is 31.6 Å². The molecule has 0 spiro atoms. The van der Waals surface area contributed by atoms with E-state index in [-0.39, 0.29) is 17.2 Å². The molecule has 2 rings (SSSR count). The SMILES string of the molecule is C[n+]1ccsc1[C@H](O[Si](C)(C)C(C)(C)C)[C@H]1COC(C)(C)O1. The minimum atomic E-state index is -1.90. The van der Waals surface area contributed by atoms with Crippen LogP contribution in [0.1, 0.15) is 45.7 Å². The first kappa shape index (κ1) is 18.1. The van der Waals surface area contributed by atoms with Crippen molar-refractivity contribution in [3.05, 3.63) is 16.6 Å². The van der Waals surface area contributed by atoms with Crippen LogP contribution in [-0.4, -0.2) is 26.8 Å². The lowest BCUT2D eigenvalue weighted by atomic mass is 10.2. The standard InChI is InChI=1S/C16H30NO3SSi/c1-15(2,3)22(7,8)20-13(14-17(6)9-10-21-14)12-11-18-16(4,5)19-12/h9-10,12-13H,11H2,1-8H3/q+1/t12-,13-/m1/s1. The third-order valence-electron chi connectivity index (χ3n) is 4.66. The molecule has 1 saturated heterocycles. The Kier molecular flexibility index (Phi) is 4.91. The molecule has 0 bridgehead atoms. The minimum Gasteiger partial charge on any atom is -0.401 e. The summed E-state index contributed by atoms with van der Waals surface area (Å²) in [5.74, 6) is -0.532. The van der Waals surface area contributed by atoms with Crippen LogP contribution in [0.5, 0.6) is 0 Å². The van der Waals surface area contributed by atoms with E-state index in [1.54, 1.807) is 11.3 Å². The molecule has 1 aromatic heterocycles. The molecule has 2 heterocycles. The maximum absolute atomic E-state index is 6.73. The van der Waals surface area contributed by atoms with E-state index in [1.165, 1.54) is 5.01 Å². The molecule has 0 radical (unpaired) electrons. The van der Waals surface area contributed by atoms with Crippen molar-refractivity contribution in [2.75, 3.05) is 6.61 Å². The van der Waals surface area contributed by atoms with E-state index in [0.717, 1.165) is 0 Å². The Bertz CT molecular complexity index is 522. The lowest BCUT2D eigenvalue weighted by molar-refractivity contribution is -0.677. The molecule has 1 aromatic rings. The van der Waals surface area contributed by atoms with Gasteiger partial charge < -0.3 is 13.9 Å². The fraction of sp³-hybridized carbons (Fsp3) is 0.812. The summed E-state index contributed by atoms with van der Waals surface area (Å²) in [4.78, 5) is 0. The van der Waals surface area contributed by atoms with Crippen LogP contribution in [0.25, 0.3) is 0 Å². The summed E-state index contributed by atoms with van der Waals surface area (Å²) in [5, 5.41) is 3.45. The van der Waals surface area contributed by atoms with Gasteiger partial charge >= 0.3 is 0 Å². The molecule has 0 saturated carbocycles. The quantitative estimate of drug-likeness (QED) is 0.615. The van der Waals surface area contributed by atoms with Crippen LogP contribution in [0.2, 0.25) is 18.1 Å². The molecule has 0 aromatic carbocycles. The highest BCUT2D eigenvalue weighted by Gasteiger charge is 2.47. The highest BCUT2D eigenvalue weighted by atomic mass is 32.1. The predicted molar refractivity (Wildman–Crippen MR) is 91.4 cm³/mol. The zero-order chi connectivity index (χ0) is 16.8. The average Bonchev–Trinajstić information content (AvgIpc) is 2.91. The van der Waals surface area contributed by atoms with Crippen molar-refractivity contribution in [3.63, 3.8) is 0 Å². The van der Waals surface area contributed by atoms with Crippen molar-refractivity contribution in [3.8, 4) is 0 Å². The monoisotopic (exact) mass is 344 g/mol. The van der Waals surface area contributed by atoms with Crippen LogP contribution in [-0.2, 0) is 20.9 Å². The first-order chi connectivity index (χ1) is 9.93. The summed E-state index contributed by atoms with van der Waals surface area (Å²) in [6, 6.07) is 0. The number of ether oxygens (including phenoxy) is 2. The molecule has 1 aliphatic heterocycles. The molecule has 1 fully saturated rings. The Morgan fingerprint density at radius 3 is 2.45 bits per heavy atom. The number of rotatable bonds is 4. The van der Waals surface area contributed by atoms with Crippen molar-refractivity contribution in [1.82, 2.24) is 0 Å². The smallest absolute Gasteiger partial charge is 0.267 e. The molecule has 2 atom stereocenters. The maximum atomic E-state index is 6.73. The van der Waals surface area contributed by atoms with Crippen molar-refractivity contribution in [1.29, 1.82) is 0 Å². The maximum Gasteiger partial charge on any atom is 0.267 e. The van der Waals surface area contributed by atoms with Gasteiger partial charge in [0, 0.05) is 0 Å². The van der Waals surface area contributed by atoms with E-state index in [9.17, 15) is 0 Å². The minimum absolute atomic E-state index is 0.0611. The van der Waals surface area contributed by atoms with Crippen LogP contribution < -0.4 is 4.57 Å². The highest BCUT2D eigenvalue weighted by Crippen LogP contribution is 2.42. The molecule has 1 aliphatic rings. The molecule has 22 heavy (non-hydrogen) atoms. The second-order valence-corrected chi connectivity index (χ2v) is 13.7. The van der Waals surface area contributed by atoms with E-state index in [4.69, 9.17) is 13.9 Å². The Hall–Kier alpha value is -0.273. The van der Waals surface area contributed by atoms with E-state index < -0.39 is 14.1 Å². The van der Waals surface area contributed by atoms with Crippen LogP contribution in [0.15, 0.2) is 11.6 Å². The first-order valence-corrected chi connectivity index (χ1v) is 11.6.